The molecule has 1 fully saturated rings. The number of benzene rings is 2. The molecule has 260 valence electrons. The molecular formula is C32H38BrF2N4O7PS. The summed E-state index contributed by atoms with van der Waals surface area (Å²) >= 11 is 4.37. The van der Waals surface area contributed by atoms with Gasteiger partial charge in [0.05, 0.1) is 4.88 Å². The molecule has 4 amide bonds. The lowest BCUT2D eigenvalue weighted by Crippen LogP contribution is -2.58. The van der Waals surface area contributed by atoms with Gasteiger partial charge in [0.2, 0.25) is 17.7 Å². The number of carbonyl (C=O) groups is 4. The predicted octanol–water partition coefficient (Wildman–Crippen LogP) is 5.54. The fourth-order valence-electron chi connectivity index (χ4n) is 5.41. The number of halogens is 3. The predicted molar refractivity (Wildman–Crippen MR) is 183 cm³/mol. The molecule has 1 aliphatic heterocycles. The fraction of sp³-hybridized carbons (Fsp3) is 0.438. The Hall–Kier alpha value is -3.23. The quantitative estimate of drug-likeness (QED) is 0.230. The van der Waals surface area contributed by atoms with Gasteiger partial charge < -0.3 is 29.8 Å². The number of likely N-dealkylation sites (tertiary alicyclic amines) is 1. The Morgan fingerprint density at radius 2 is 1.73 bits per heavy atom. The van der Waals surface area contributed by atoms with Crippen LogP contribution in [0, 0.1) is 5.41 Å². The van der Waals surface area contributed by atoms with Crippen molar-refractivity contribution in [2.75, 3.05) is 32.1 Å². The minimum Gasteiger partial charge on any atom is -0.349 e. The Kier molecular flexibility index (Phi) is 11.2. The van der Waals surface area contributed by atoms with Crippen LogP contribution in [-0.2, 0) is 24.6 Å². The highest BCUT2D eigenvalue weighted by Gasteiger charge is 2.50. The van der Waals surface area contributed by atoms with E-state index >= 15 is 0 Å². The Bertz CT molecular complexity index is 1760. The zero-order chi connectivity index (χ0) is 35.8. The lowest BCUT2D eigenvalue weighted by atomic mass is 9.85. The molecule has 1 aromatic heterocycles. The zero-order valence-corrected chi connectivity index (χ0v) is 30.4. The number of fused-ring (bicyclic) bond motifs is 1. The van der Waals surface area contributed by atoms with Gasteiger partial charge in [0.15, 0.2) is 0 Å². The maximum Gasteiger partial charge on any atom is 0.399 e. The van der Waals surface area contributed by atoms with Crippen LogP contribution in [0.3, 0.4) is 0 Å². The third-order valence-electron chi connectivity index (χ3n) is 8.11. The van der Waals surface area contributed by atoms with E-state index in [4.69, 9.17) is 9.79 Å². The minimum atomic E-state index is -5.79. The van der Waals surface area contributed by atoms with Crippen LogP contribution in [0.4, 0.5) is 14.5 Å². The van der Waals surface area contributed by atoms with Gasteiger partial charge in [0.25, 0.3) is 5.91 Å². The normalized spacial score (nSPS) is 16.1. The zero-order valence-electron chi connectivity index (χ0n) is 27.1. The number of hydrogen-bond donors (Lipinski definition) is 3. The molecule has 3 aromatic rings. The number of nitrogens with zero attached hydrogens (tertiary/aromatic N) is 3. The van der Waals surface area contributed by atoms with Gasteiger partial charge in [-0.25, -0.2) is 0 Å². The number of alkyl halides is 2. The van der Waals surface area contributed by atoms with Crippen molar-refractivity contribution in [1.82, 2.24) is 15.1 Å². The van der Waals surface area contributed by atoms with E-state index in [1.54, 1.807) is 59.1 Å². The first-order chi connectivity index (χ1) is 22.2. The smallest absolute Gasteiger partial charge is 0.349 e. The van der Waals surface area contributed by atoms with Crippen molar-refractivity contribution in [3.05, 3.63) is 63.4 Å². The fourth-order valence-corrected chi connectivity index (χ4v) is 7.10. The van der Waals surface area contributed by atoms with E-state index in [1.165, 1.54) is 26.8 Å². The molecule has 4 rings (SSSR count). The third kappa shape index (κ3) is 8.14. The number of nitrogens with one attached hydrogen (secondary N) is 1. The number of hydrogen-bond acceptors (Lipinski definition) is 6. The molecule has 16 heteroatoms. The van der Waals surface area contributed by atoms with Crippen molar-refractivity contribution < 1.29 is 42.3 Å². The summed E-state index contributed by atoms with van der Waals surface area (Å²) in [5.41, 5.74) is -5.53. The van der Waals surface area contributed by atoms with E-state index in [1.807, 2.05) is 0 Å². The number of rotatable bonds is 10. The lowest BCUT2D eigenvalue weighted by Gasteiger charge is -2.36. The number of carbonyl (C=O) groups excluding carboxylic acids is 4. The average molecular weight is 772 g/mol. The van der Waals surface area contributed by atoms with Gasteiger partial charge in [-0.1, -0.05) is 42.8 Å². The lowest BCUT2D eigenvalue weighted by molar-refractivity contribution is -0.141. The summed E-state index contributed by atoms with van der Waals surface area (Å²) in [5, 5.41) is 2.97. The van der Waals surface area contributed by atoms with Gasteiger partial charge in [-0.15, -0.1) is 11.3 Å². The second-order valence-corrected chi connectivity index (χ2v) is 16.6. The largest absolute Gasteiger partial charge is 0.399 e. The summed E-state index contributed by atoms with van der Waals surface area (Å²) in [7, 11) is -2.52. The van der Waals surface area contributed by atoms with Gasteiger partial charge in [-0.05, 0) is 66.1 Å². The first kappa shape index (κ1) is 37.6. The average Bonchev–Trinajstić information content (AvgIpc) is 3.66. The van der Waals surface area contributed by atoms with Crippen molar-refractivity contribution in [3.8, 4) is 0 Å². The van der Waals surface area contributed by atoms with Gasteiger partial charge in [0.1, 0.15) is 12.1 Å². The molecule has 11 nitrogen and oxygen atoms in total. The van der Waals surface area contributed by atoms with Crippen LogP contribution in [0.1, 0.15) is 55.3 Å². The van der Waals surface area contributed by atoms with E-state index in [0.717, 1.165) is 27.9 Å². The highest BCUT2D eigenvalue weighted by molar-refractivity contribution is 9.10. The van der Waals surface area contributed by atoms with Gasteiger partial charge in [0, 0.05) is 54.0 Å². The summed E-state index contributed by atoms with van der Waals surface area (Å²) in [5.74, 6) is -1.61. The van der Waals surface area contributed by atoms with Crippen molar-refractivity contribution in [2.24, 2.45) is 5.41 Å². The highest BCUT2D eigenvalue weighted by Crippen LogP contribution is 2.59. The van der Waals surface area contributed by atoms with Crippen LogP contribution in [-0.4, -0.2) is 82.5 Å². The van der Waals surface area contributed by atoms with E-state index in [0.29, 0.717) is 23.2 Å². The Morgan fingerprint density at radius 3 is 2.31 bits per heavy atom. The maximum atomic E-state index is 14.3. The molecular weight excluding hydrogens is 733 g/mol. The van der Waals surface area contributed by atoms with Crippen molar-refractivity contribution in [3.63, 3.8) is 0 Å². The Balaban J connectivity index is 1.59. The molecule has 2 atom stereocenters. The molecule has 2 heterocycles. The molecule has 1 aliphatic rings. The molecule has 48 heavy (non-hydrogen) atoms. The summed E-state index contributed by atoms with van der Waals surface area (Å²) < 4.78 is 41.3. The minimum absolute atomic E-state index is 0.0732. The monoisotopic (exact) mass is 770 g/mol. The number of thiophene rings is 1. The van der Waals surface area contributed by atoms with Crippen molar-refractivity contribution >= 4 is 74.3 Å². The summed E-state index contributed by atoms with van der Waals surface area (Å²) in [6.07, 6.45) is 1.02. The molecule has 2 unspecified atom stereocenters. The molecule has 3 N–H and O–H groups in total. The van der Waals surface area contributed by atoms with Gasteiger partial charge in [-0.3, -0.25) is 23.7 Å². The maximum absolute atomic E-state index is 14.3. The van der Waals surface area contributed by atoms with E-state index < -0.39 is 48.1 Å². The molecule has 0 aliphatic carbocycles. The van der Waals surface area contributed by atoms with E-state index in [9.17, 15) is 32.5 Å². The topological polar surface area (TPSA) is 148 Å². The van der Waals surface area contributed by atoms with Gasteiger partial charge in [-0.2, -0.15) is 8.78 Å². The molecule has 0 bridgehead atoms. The van der Waals surface area contributed by atoms with Crippen molar-refractivity contribution in [1.29, 1.82) is 0 Å². The molecule has 0 saturated carbocycles. The number of amides is 4. The van der Waals surface area contributed by atoms with E-state index in [-0.39, 0.29) is 41.6 Å². The molecule has 0 radical (unpaired) electrons. The standard InChI is InChI=1S/C32H38BrF2N4O7PS/c1-31(2,3)27(36-28(41)25-18-19-17-20(8-13-24(19)48-25)32(34,35)47(44,45)46)30(43)39-15-6-7-23(39)29(42)38(16-14-26(40)37(4)5)22-11-9-21(33)10-12-22/h8-13,17-18,23,27H,6-7,14-16H2,1-5H3,(H,36,41)(H2,44,45,46). The van der Waals surface area contributed by atoms with Gasteiger partial charge >= 0.3 is 13.3 Å². The van der Waals surface area contributed by atoms with Crippen LogP contribution >= 0.6 is 34.9 Å². The molecule has 0 spiro atoms. The van der Waals surface area contributed by atoms with Crippen LogP contribution in [0.2, 0.25) is 0 Å². The van der Waals surface area contributed by atoms with Crippen LogP contribution in [0.5, 0.6) is 0 Å². The van der Waals surface area contributed by atoms with Crippen LogP contribution < -0.4 is 10.2 Å². The second-order valence-electron chi connectivity index (χ2n) is 12.9. The summed E-state index contributed by atoms with van der Waals surface area (Å²) in [6, 6.07) is 9.57. The second kappa shape index (κ2) is 14.3. The van der Waals surface area contributed by atoms with Crippen LogP contribution in [0.15, 0.2) is 53.0 Å². The third-order valence-corrected chi connectivity index (χ3v) is 10.7. The van der Waals surface area contributed by atoms with Crippen molar-refractivity contribution in [2.45, 2.75) is 57.8 Å². The SMILES string of the molecule is CN(C)C(=O)CCN(C(=O)C1CCCN1C(=O)C(NC(=O)c1cc2cc(C(F)(F)P(=O)(O)O)ccc2s1)C(C)(C)C)c1ccc(Br)cc1. The Labute approximate surface area is 289 Å². The first-order valence-corrected chi connectivity index (χ1v) is 18.3. The number of anilines is 1. The van der Waals surface area contributed by atoms with E-state index in [2.05, 4.69) is 21.2 Å². The highest BCUT2D eigenvalue weighted by atomic mass is 79.9. The summed E-state index contributed by atoms with van der Waals surface area (Å²) in [4.78, 5) is 77.0. The molecule has 2 aromatic carbocycles. The Morgan fingerprint density at radius 1 is 1.08 bits per heavy atom. The first-order valence-electron chi connectivity index (χ1n) is 15.1. The van der Waals surface area contributed by atoms with Crippen LogP contribution in [0.25, 0.3) is 10.1 Å². The molecule has 1 saturated heterocycles. The summed E-state index contributed by atoms with van der Waals surface area (Å²) in [6.45, 7) is 5.69.